The van der Waals surface area contributed by atoms with Crippen molar-refractivity contribution in [3.8, 4) is 0 Å². The Morgan fingerprint density at radius 3 is 1.67 bits per heavy atom. The van der Waals surface area contributed by atoms with Crippen LogP contribution in [0, 0.1) is 25.5 Å². The number of ketones is 2. The number of carboxylic acids is 1. The van der Waals surface area contributed by atoms with Crippen molar-refractivity contribution in [1.82, 2.24) is 29.9 Å². The van der Waals surface area contributed by atoms with E-state index in [1.54, 1.807) is 23.0 Å². The molecule has 0 spiro atoms. The second kappa shape index (κ2) is 15.6. The van der Waals surface area contributed by atoms with E-state index in [0.717, 1.165) is 25.0 Å². The number of carbonyl (C=O) groups is 6. The van der Waals surface area contributed by atoms with Crippen molar-refractivity contribution < 1.29 is 42.7 Å². The highest BCUT2D eigenvalue weighted by molar-refractivity contribution is 6.44. The summed E-state index contributed by atoms with van der Waals surface area (Å²) in [6.07, 6.45) is 5.45. The first-order valence-electron chi connectivity index (χ1n) is 18.1. The number of nitrogens with one attached hydrogen (secondary N) is 4. The second-order valence-corrected chi connectivity index (χ2v) is 14.9. The lowest BCUT2D eigenvalue weighted by Crippen LogP contribution is -2.40. The maximum Gasteiger partial charge on any atom is 0.377 e. The third kappa shape index (κ3) is 7.38. The normalized spacial score (nSPS) is 14.4. The van der Waals surface area contributed by atoms with Crippen LogP contribution in [-0.2, 0) is 41.1 Å². The summed E-state index contributed by atoms with van der Waals surface area (Å²) in [5.41, 5.74) is 3.38. The number of carbonyl (C=O) groups excluding carboxylic acids is 5. The predicted molar refractivity (Wildman–Crippen MR) is 205 cm³/mol. The molecule has 5 N–H and O–H groups in total. The Hall–Kier alpha value is -6.20. The highest BCUT2D eigenvalue weighted by atomic mass is 35.5. The molecule has 3 aliphatic rings. The fourth-order valence-electron chi connectivity index (χ4n) is 7.65. The summed E-state index contributed by atoms with van der Waals surface area (Å²) in [7, 11) is 0. The van der Waals surface area contributed by atoms with Gasteiger partial charge in [-0.15, -0.1) is 0 Å². The fraction of sp³-hybridized carbons (Fsp3) is 0.282. The Morgan fingerprint density at radius 1 is 0.776 bits per heavy atom. The molecule has 5 heterocycles. The second-order valence-electron chi connectivity index (χ2n) is 14.1. The number of H-pyrrole nitrogens is 1. The Balaban J connectivity index is 0.000000184. The van der Waals surface area contributed by atoms with Gasteiger partial charge in [0, 0.05) is 35.9 Å². The Labute approximate surface area is 338 Å². The van der Waals surface area contributed by atoms with Gasteiger partial charge >= 0.3 is 5.97 Å². The van der Waals surface area contributed by atoms with E-state index in [-0.39, 0.29) is 26.9 Å². The van der Waals surface area contributed by atoms with Crippen molar-refractivity contribution in [2.75, 3.05) is 10.6 Å². The standard InChI is InChI=1S/C22H20ClFN6O3.C17H14ClFN2O4/c1-11-17(19(31)21(33)27-22(6-7-22)16-10-25-29-28-16)15-3-2-8-30(15)18(11)20(32)26-12-4-5-14(24)13(23)9-12;1-8-13(15(22)17(24)25)12-3-2-6-21(12)14(8)16(23)20-9-4-5-11(19)10(18)7-9/h4-5,9-10H,2-3,6-8H2,1H3,(H,26,32)(H,27,33)(H,25,28,29);4-5,7H,2-3,6H2,1H3,(H,20,23)(H,24,25). The lowest BCUT2D eigenvalue weighted by molar-refractivity contribution is -0.131. The van der Waals surface area contributed by atoms with Crippen molar-refractivity contribution >= 4 is 69.8 Å². The smallest absolute Gasteiger partial charge is 0.377 e. The van der Waals surface area contributed by atoms with Crippen LogP contribution < -0.4 is 16.0 Å². The zero-order valence-electron chi connectivity index (χ0n) is 30.9. The van der Waals surface area contributed by atoms with Gasteiger partial charge in [-0.1, -0.05) is 23.2 Å². The Bertz CT molecular complexity index is 2560. The largest absolute Gasteiger partial charge is 0.475 e. The van der Waals surface area contributed by atoms with Gasteiger partial charge in [0.05, 0.1) is 32.9 Å². The van der Waals surface area contributed by atoms with E-state index in [9.17, 15) is 37.5 Å². The van der Waals surface area contributed by atoms with Crippen LogP contribution in [0.25, 0.3) is 0 Å². The van der Waals surface area contributed by atoms with Crippen LogP contribution >= 0.6 is 23.2 Å². The molecule has 3 aromatic heterocycles. The number of amides is 3. The molecule has 0 radical (unpaired) electrons. The zero-order chi connectivity index (χ0) is 41.6. The van der Waals surface area contributed by atoms with Gasteiger partial charge in [0.1, 0.15) is 28.7 Å². The van der Waals surface area contributed by atoms with Gasteiger partial charge in [-0.3, -0.25) is 24.0 Å². The number of halogens is 4. The number of aromatic nitrogens is 5. The molecule has 300 valence electrons. The predicted octanol–water partition coefficient (Wildman–Crippen LogP) is 5.95. The number of aromatic amines is 1. The first-order chi connectivity index (χ1) is 27.6. The van der Waals surface area contributed by atoms with E-state index >= 15 is 0 Å². The first kappa shape index (κ1) is 40.0. The molecule has 1 fully saturated rings. The minimum atomic E-state index is -1.55. The molecule has 1 aliphatic carbocycles. The van der Waals surface area contributed by atoms with E-state index in [1.165, 1.54) is 30.5 Å². The molecule has 58 heavy (non-hydrogen) atoms. The van der Waals surface area contributed by atoms with E-state index in [1.807, 2.05) is 0 Å². The Kier molecular flexibility index (Phi) is 10.8. The molecule has 2 aromatic carbocycles. The van der Waals surface area contributed by atoms with Gasteiger partial charge in [0.2, 0.25) is 0 Å². The lowest BCUT2D eigenvalue weighted by Gasteiger charge is -2.14. The number of benzene rings is 2. The van der Waals surface area contributed by atoms with Crippen molar-refractivity contribution in [1.29, 1.82) is 0 Å². The number of anilines is 2. The average Bonchev–Trinajstić information content (AvgIpc) is 3.74. The fourth-order valence-corrected chi connectivity index (χ4v) is 8.01. The van der Waals surface area contributed by atoms with Gasteiger partial charge < -0.3 is 30.2 Å². The molecule has 5 aromatic rings. The third-order valence-corrected chi connectivity index (χ3v) is 11.0. The number of Topliss-reactive ketones (excluding diaryl/α,β-unsaturated/α-hetero) is 2. The topological polar surface area (TPSA) is 210 Å². The molecular weight excluding hydrogens is 801 g/mol. The van der Waals surface area contributed by atoms with Gasteiger partial charge in [0.25, 0.3) is 29.3 Å². The Morgan fingerprint density at radius 2 is 1.26 bits per heavy atom. The zero-order valence-corrected chi connectivity index (χ0v) is 32.4. The quantitative estimate of drug-likeness (QED) is 0.0831. The van der Waals surface area contributed by atoms with Crippen molar-refractivity contribution in [2.24, 2.45) is 0 Å². The molecule has 8 rings (SSSR count). The first-order valence-corrected chi connectivity index (χ1v) is 18.8. The van der Waals surface area contributed by atoms with Gasteiger partial charge in [-0.2, -0.15) is 15.4 Å². The molecule has 1 saturated carbocycles. The number of aliphatic carboxylic acids is 1. The molecule has 3 amide bonds. The highest BCUT2D eigenvalue weighted by Crippen LogP contribution is 2.44. The van der Waals surface area contributed by atoms with Gasteiger partial charge in [-0.25, -0.2) is 13.6 Å². The highest BCUT2D eigenvalue weighted by Gasteiger charge is 2.49. The molecular formula is C39H34Cl2F2N8O7. The molecule has 0 unspecified atom stereocenters. The number of carboxylic acid groups (broad SMARTS) is 1. The number of hydrogen-bond donors (Lipinski definition) is 5. The van der Waals surface area contributed by atoms with E-state index in [4.69, 9.17) is 28.3 Å². The molecule has 19 heteroatoms. The minimum absolute atomic E-state index is 0.0762. The lowest BCUT2D eigenvalue weighted by atomic mass is 10.0. The summed E-state index contributed by atoms with van der Waals surface area (Å²) < 4.78 is 30.1. The summed E-state index contributed by atoms with van der Waals surface area (Å²) in [6.45, 7) is 4.29. The van der Waals surface area contributed by atoms with Crippen molar-refractivity contribution in [2.45, 2.75) is 71.0 Å². The SMILES string of the molecule is Cc1c(C(=O)C(=O)NC2(c3cn[nH]n3)CC2)c2n(c1C(=O)Nc1ccc(F)c(Cl)c1)CCC2.Cc1c(C(=O)C(=O)O)c2n(c1C(=O)Nc1ccc(F)c(Cl)c1)CCC2. The third-order valence-electron chi connectivity index (χ3n) is 10.5. The summed E-state index contributed by atoms with van der Waals surface area (Å²) in [6, 6.07) is 7.66. The van der Waals surface area contributed by atoms with Crippen LogP contribution in [0.1, 0.15) is 95.6 Å². The van der Waals surface area contributed by atoms with Gasteiger partial charge in [-0.05, 0) is 99.9 Å². The minimum Gasteiger partial charge on any atom is -0.475 e. The van der Waals surface area contributed by atoms with Crippen LogP contribution in [0.4, 0.5) is 20.2 Å². The van der Waals surface area contributed by atoms with E-state index in [2.05, 4.69) is 31.4 Å². The average molecular weight is 836 g/mol. The number of fused-ring (bicyclic) bond motifs is 2. The maximum absolute atomic E-state index is 13.4. The number of hydrogen-bond acceptors (Lipinski definition) is 8. The molecule has 0 saturated heterocycles. The number of rotatable bonds is 10. The molecule has 15 nitrogen and oxygen atoms in total. The summed E-state index contributed by atoms with van der Waals surface area (Å²) in [5.74, 6) is -6.16. The summed E-state index contributed by atoms with van der Waals surface area (Å²) in [4.78, 5) is 75.0. The molecule has 0 bridgehead atoms. The van der Waals surface area contributed by atoms with Crippen LogP contribution in [0.2, 0.25) is 10.0 Å². The van der Waals surface area contributed by atoms with E-state index < -0.39 is 52.4 Å². The van der Waals surface area contributed by atoms with Crippen LogP contribution in [0.3, 0.4) is 0 Å². The van der Waals surface area contributed by atoms with Gasteiger partial charge in [0.15, 0.2) is 0 Å². The van der Waals surface area contributed by atoms with Crippen molar-refractivity contribution in [3.05, 3.63) is 115 Å². The summed E-state index contributed by atoms with van der Waals surface area (Å²) in [5, 5.41) is 27.2. The monoisotopic (exact) mass is 834 g/mol. The van der Waals surface area contributed by atoms with E-state index in [0.29, 0.717) is 84.1 Å². The van der Waals surface area contributed by atoms with Crippen LogP contribution in [0.15, 0.2) is 42.6 Å². The summed E-state index contributed by atoms with van der Waals surface area (Å²) >= 11 is 11.5. The molecule has 2 aliphatic heterocycles. The van der Waals surface area contributed by atoms with Crippen molar-refractivity contribution in [3.63, 3.8) is 0 Å². The molecule has 0 atom stereocenters. The van der Waals surface area contributed by atoms with Crippen LogP contribution in [0.5, 0.6) is 0 Å². The maximum atomic E-state index is 13.4. The number of nitrogens with zero attached hydrogens (tertiary/aromatic N) is 4. The van der Waals surface area contributed by atoms with Crippen LogP contribution in [-0.4, -0.2) is 64.9 Å².